The van der Waals surface area contributed by atoms with Crippen LogP contribution >= 0.6 is 22.9 Å². The van der Waals surface area contributed by atoms with Crippen LogP contribution in [0.1, 0.15) is 45.7 Å². The Labute approximate surface area is 119 Å². The first-order valence-corrected chi connectivity index (χ1v) is 7.73. The normalized spacial score (nSPS) is 12.7. The van der Waals surface area contributed by atoms with Crippen LogP contribution in [-0.2, 0) is 12.8 Å². The Kier molecular flexibility index (Phi) is 4.47. The molecule has 0 nitrogen and oxygen atoms in total. The molecule has 0 spiro atoms. The first kappa shape index (κ1) is 13.6. The lowest BCUT2D eigenvalue weighted by Gasteiger charge is -2.12. The summed E-state index contributed by atoms with van der Waals surface area (Å²) in [5.74, 6) is 0. The molecule has 0 N–H and O–H groups in total. The standard InChI is InChI=1S/C16H19ClS/c1-4-12-7-8-14(10-13(12)5-2)16(17)15-9-6-11(3)18-15/h6-10,16H,4-5H2,1-3H3. The lowest BCUT2D eigenvalue weighted by molar-refractivity contribution is 1.02. The van der Waals surface area contributed by atoms with Gasteiger partial charge in [0.2, 0.25) is 0 Å². The highest BCUT2D eigenvalue weighted by atomic mass is 35.5. The number of hydrogen-bond donors (Lipinski definition) is 0. The van der Waals surface area contributed by atoms with E-state index in [4.69, 9.17) is 11.6 Å². The third-order valence-corrected chi connectivity index (χ3v) is 4.98. The van der Waals surface area contributed by atoms with Gasteiger partial charge in [-0.15, -0.1) is 22.9 Å². The van der Waals surface area contributed by atoms with Crippen molar-refractivity contribution in [1.82, 2.24) is 0 Å². The average Bonchev–Trinajstić information content (AvgIpc) is 2.83. The Balaban J connectivity index is 2.33. The molecule has 0 aliphatic heterocycles. The molecule has 0 aliphatic carbocycles. The van der Waals surface area contributed by atoms with E-state index in [0.717, 1.165) is 12.8 Å². The number of alkyl halides is 1. The van der Waals surface area contributed by atoms with Gasteiger partial charge in [0, 0.05) is 9.75 Å². The minimum atomic E-state index is -0.0140. The number of halogens is 1. The molecule has 0 saturated heterocycles. The zero-order valence-corrected chi connectivity index (χ0v) is 12.7. The summed E-state index contributed by atoms with van der Waals surface area (Å²) >= 11 is 8.36. The highest BCUT2D eigenvalue weighted by molar-refractivity contribution is 7.12. The Hall–Kier alpha value is -0.790. The monoisotopic (exact) mass is 278 g/mol. The molecular formula is C16H19ClS. The first-order chi connectivity index (χ1) is 8.65. The van der Waals surface area contributed by atoms with Gasteiger partial charge >= 0.3 is 0 Å². The van der Waals surface area contributed by atoms with Crippen LogP contribution in [0.3, 0.4) is 0 Å². The summed E-state index contributed by atoms with van der Waals surface area (Å²) in [6.07, 6.45) is 2.17. The molecule has 0 aliphatic rings. The molecule has 1 unspecified atom stereocenters. The highest BCUT2D eigenvalue weighted by Crippen LogP contribution is 2.34. The van der Waals surface area contributed by atoms with Gasteiger partial charge in [0.15, 0.2) is 0 Å². The van der Waals surface area contributed by atoms with Gasteiger partial charge in [-0.1, -0.05) is 32.0 Å². The molecule has 0 amide bonds. The van der Waals surface area contributed by atoms with E-state index in [0.29, 0.717) is 0 Å². The lowest BCUT2D eigenvalue weighted by atomic mass is 9.98. The van der Waals surface area contributed by atoms with Crippen LogP contribution in [0.2, 0.25) is 0 Å². The molecule has 1 aromatic carbocycles. The molecule has 0 fully saturated rings. The smallest absolute Gasteiger partial charge is 0.0927 e. The summed E-state index contributed by atoms with van der Waals surface area (Å²) < 4.78 is 0. The fraction of sp³-hybridized carbons (Fsp3) is 0.375. The Morgan fingerprint density at radius 2 is 1.78 bits per heavy atom. The molecule has 0 bridgehead atoms. The summed E-state index contributed by atoms with van der Waals surface area (Å²) in [6, 6.07) is 10.9. The van der Waals surface area contributed by atoms with Crippen LogP contribution < -0.4 is 0 Å². The van der Waals surface area contributed by atoms with Gasteiger partial charge in [0.05, 0.1) is 5.38 Å². The second-order valence-electron chi connectivity index (χ2n) is 4.55. The van der Waals surface area contributed by atoms with E-state index >= 15 is 0 Å². The Morgan fingerprint density at radius 3 is 2.33 bits per heavy atom. The van der Waals surface area contributed by atoms with Gasteiger partial charge in [0.25, 0.3) is 0 Å². The molecular weight excluding hydrogens is 260 g/mol. The molecule has 1 atom stereocenters. The summed E-state index contributed by atoms with van der Waals surface area (Å²) in [5.41, 5.74) is 4.08. The van der Waals surface area contributed by atoms with E-state index in [1.807, 2.05) is 0 Å². The zero-order chi connectivity index (χ0) is 13.1. The van der Waals surface area contributed by atoms with Gasteiger partial charge in [0.1, 0.15) is 0 Å². The van der Waals surface area contributed by atoms with Gasteiger partial charge in [-0.3, -0.25) is 0 Å². The van der Waals surface area contributed by atoms with E-state index in [1.54, 1.807) is 11.3 Å². The van der Waals surface area contributed by atoms with Crippen LogP contribution in [0, 0.1) is 6.92 Å². The van der Waals surface area contributed by atoms with Gasteiger partial charge < -0.3 is 0 Å². The van der Waals surface area contributed by atoms with Crippen molar-refractivity contribution in [3.8, 4) is 0 Å². The SMILES string of the molecule is CCc1ccc(C(Cl)c2ccc(C)s2)cc1CC. The molecule has 18 heavy (non-hydrogen) atoms. The molecule has 0 saturated carbocycles. The predicted octanol–water partition coefficient (Wildman–Crippen LogP) is 5.51. The minimum Gasteiger partial charge on any atom is -0.144 e. The number of benzene rings is 1. The summed E-state index contributed by atoms with van der Waals surface area (Å²) in [5, 5.41) is -0.0140. The van der Waals surface area contributed by atoms with Crippen molar-refractivity contribution in [3.05, 3.63) is 56.8 Å². The largest absolute Gasteiger partial charge is 0.144 e. The van der Waals surface area contributed by atoms with Crippen molar-refractivity contribution in [3.63, 3.8) is 0 Å². The topological polar surface area (TPSA) is 0 Å². The maximum absolute atomic E-state index is 6.58. The van der Waals surface area contributed by atoms with Gasteiger partial charge in [-0.25, -0.2) is 0 Å². The van der Waals surface area contributed by atoms with Crippen molar-refractivity contribution < 1.29 is 0 Å². The van der Waals surface area contributed by atoms with Crippen molar-refractivity contribution >= 4 is 22.9 Å². The van der Waals surface area contributed by atoms with E-state index in [2.05, 4.69) is 51.1 Å². The van der Waals surface area contributed by atoms with Crippen molar-refractivity contribution in [1.29, 1.82) is 0 Å². The second kappa shape index (κ2) is 5.90. The van der Waals surface area contributed by atoms with Crippen molar-refractivity contribution in [2.45, 2.75) is 39.0 Å². The third kappa shape index (κ3) is 2.78. The maximum atomic E-state index is 6.58. The minimum absolute atomic E-state index is 0.0140. The lowest BCUT2D eigenvalue weighted by Crippen LogP contribution is -1.96. The fourth-order valence-corrected chi connectivity index (χ4v) is 3.46. The molecule has 1 heterocycles. The zero-order valence-electron chi connectivity index (χ0n) is 11.2. The Bertz CT molecular complexity index is 528. The molecule has 0 radical (unpaired) electrons. The summed E-state index contributed by atoms with van der Waals surface area (Å²) in [6.45, 7) is 6.53. The number of rotatable bonds is 4. The van der Waals surface area contributed by atoms with Crippen molar-refractivity contribution in [2.75, 3.05) is 0 Å². The predicted molar refractivity (Wildman–Crippen MR) is 82.0 cm³/mol. The summed E-state index contributed by atoms with van der Waals surface area (Å²) in [4.78, 5) is 2.55. The third-order valence-electron chi connectivity index (χ3n) is 3.30. The molecule has 1 aromatic heterocycles. The fourth-order valence-electron chi connectivity index (χ4n) is 2.23. The van der Waals surface area contributed by atoms with Crippen LogP contribution in [0.4, 0.5) is 0 Å². The van der Waals surface area contributed by atoms with Gasteiger partial charge in [-0.2, -0.15) is 0 Å². The van der Waals surface area contributed by atoms with E-state index in [1.165, 1.54) is 26.4 Å². The van der Waals surface area contributed by atoms with E-state index < -0.39 is 0 Å². The van der Waals surface area contributed by atoms with Gasteiger partial charge in [-0.05, 0) is 48.6 Å². The molecule has 2 rings (SSSR count). The quantitative estimate of drug-likeness (QED) is 0.647. The maximum Gasteiger partial charge on any atom is 0.0927 e. The van der Waals surface area contributed by atoms with Crippen LogP contribution in [0.25, 0.3) is 0 Å². The molecule has 2 aromatic rings. The summed E-state index contributed by atoms with van der Waals surface area (Å²) in [7, 11) is 0. The average molecular weight is 279 g/mol. The van der Waals surface area contributed by atoms with E-state index in [9.17, 15) is 0 Å². The number of hydrogen-bond acceptors (Lipinski definition) is 1. The molecule has 2 heteroatoms. The molecule has 96 valence electrons. The second-order valence-corrected chi connectivity index (χ2v) is 6.30. The first-order valence-electron chi connectivity index (χ1n) is 6.47. The van der Waals surface area contributed by atoms with Crippen LogP contribution in [-0.4, -0.2) is 0 Å². The number of aryl methyl sites for hydroxylation is 3. The van der Waals surface area contributed by atoms with Crippen molar-refractivity contribution in [2.24, 2.45) is 0 Å². The van der Waals surface area contributed by atoms with E-state index in [-0.39, 0.29) is 5.38 Å². The highest BCUT2D eigenvalue weighted by Gasteiger charge is 2.13. The van der Waals surface area contributed by atoms with Crippen LogP contribution in [0.15, 0.2) is 30.3 Å². The number of thiophene rings is 1. The van der Waals surface area contributed by atoms with Crippen LogP contribution in [0.5, 0.6) is 0 Å². The Morgan fingerprint density at radius 1 is 1.06 bits per heavy atom.